The zero-order valence-corrected chi connectivity index (χ0v) is 13.5. The van der Waals surface area contributed by atoms with Gasteiger partial charge in [-0.3, -0.25) is 4.79 Å². The first-order valence-electron chi connectivity index (χ1n) is 7.33. The van der Waals surface area contributed by atoms with E-state index in [2.05, 4.69) is 17.6 Å². The molecule has 0 radical (unpaired) electrons. The molecule has 2 unspecified atom stereocenters. The smallest absolute Gasteiger partial charge is 0.341 e. The Morgan fingerprint density at radius 3 is 2.95 bits per heavy atom. The van der Waals surface area contributed by atoms with Gasteiger partial charge < -0.3 is 15.4 Å². The minimum atomic E-state index is -0.379. The second kappa shape index (κ2) is 7.04. The fraction of sp³-hybridized carbons (Fsp3) is 0.600. The monoisotopic (exact) mass is 310 g/mol. The van der Waals surface area contributed by atoms with E-state index >= 15 is 0 Å². The van der Waals surface area contributed by atoms with Gasteiger partial charge >= 0.3 is 5.97 Å². The normalized spacial score (nSPS) is 21.9. The van der Waals surface area contributed by atoms with Crippen molar-refractivity contribution in [2.24, 2.45) is 5.92 Å². The van der Waals surface area contributed by atoms with Crippen molar-refractivity contribution >= 4 is 28.2 Å². The average Bonchev–Trinajstić information content (AvgIpc) is 2.80. The lowest BCUT2D eigenvalue weighted by atomic mass is 9.92. The second-order valence-electron chi connectivity index (χ2n) is 5.39. The number of ether oxygens (including phenoxy) is 1. The van der Waals surface area contributed by atoms with Gasteiger partial charge in [-0.25, -0.2) is 4.79 Å². The third-order valence-electron chi connectivity index (χ3n) is 3.58. The number of aryl methyl sites for hydroxylation is 1. The van der Waals surface area contributed by atoms with Crippen LogP contribution in [0.3, 0.4) is 0 Å². The molecule has 2 heterocycles. The average molecular weight is 310 g/mol. The van der Waals surface area contributed by atoms with E-state index in [1.807, 2.05) is 6.92 Å². The van der Waals surface area contributed by atoms with Crippen LogP contribution in [0, 0.1) is 12.8 Å². The molecular formula is C15H22N2O3S. The molecule has 2 N–H and O–H groups in total. The van der Waals surface area contributed by atoms with Crippen LogP contribution in [0.4, 0.5) is 5.00 Å². The van der Waals surface area contributed by atoms with E-state index in [4.69, 9.17) is 4.74 Å². The molecule has 1 aliphatic rings. The van der Waals surface area contributed by atoms with E-state index < -0.39 is 0 Å². The number of carbonyl (C=O) groups is 2. The molecule has 1 saturated heterocycles. The number of hydrogen-bond acceptors (Lipinski definition) is 5. The number of rotatable bonds is 4. The van der Waals surface area contributed by atoms with Crippen LogP contribution in [-0.2, 0) is 9.53 Å². The fourth-order valence-corrected chi connectivity index (χ4v) is 3.45. The highest BCUT2D eigenvalue weighted by Crippen LogP contribution is 2.29. The quantitative estimate of drug-likeness (QED) is 0.839. The zero-order valence-electron chi connectivity index (χ0n) is 12.7. The van der Waals surface area contributed by atoms with Gasteiger partial charge in [0.05, 0.1) is 12.2 Å². The minimum Gasteiger partial charge on any atom is -0.462 e. The Hall–Kier alpha value is -1.40. The van der Waals surface area contributed by atoms with E-state index in [1.165, 1.54) is 11.3 Å². The molecule has 6 heteroatoms. The molecule has 0 aromatic carbocycles. The predicted octanol–water partition coefficient (Wildman–Crippen LogP) is 2.56. The Kier molecular flexibility index (Phi) is 5.36. The van der Waals surface area contributed by atoms with Crippen LogP contribution < -0.4 is 10.6 Å². The lowest BCUT2D eigenvalue weighted by molar-refractivity contribution is -0.120. The van der Waals surface area contributed by atoms with Crippen LogP contribution in [0.25, 0.3) is 0 Å². The zero-order chi connectivity index (χ0) is 15.4. The fourth-order valence-electron chi connectivity index (χ4n) is 2.55. The molecular weight excluding hydrogens is 288 g/mol. The summed E-state index contributed by atoms with van der Waals surface area (Å²) in [6.45, 7) is 6.95. The highest BCUT2D eigenvalue weighted by Gasteiger charge is 2.26. The molecule has 5 nitrogen and oxygen atoms in total. The molecule has 0 bridgehead atoms. The third-order valence-corrected chi connectivity index (χ3v) is 4.55. The molecule has 0 spiro atoms. The number of piperidine rings is 1. The second-order valence-corrected chi connectivity index (χ2v) is 6.64. The summed E-state index contributed by atoms with van der Waals surface area (Å²) in [4.78, 5) is 25.3. The molecule has 0 aliphatic carbocycles. The van der Waals surface area contributed by atoms with Crippen LogP contribution in [0.15, 0.2) is 6.07 Å². The van der Waals surface area contributed by atoms with Gasteiger partial charge in [0, 0.05) is 16.8 Å². The molecule has 1 aliphatic heterocycles. The highest BCUT2D eigenvalue weighted by molar-refractivity contribution is 7.16. The van der Waals surface area contributed by atoms with E-state index in [0.29, 0.717) is 23.2 Å². The van der Waals surface area contributed by atoms with E-state index in [9.17, 15) is 9.59 Å². The van der Waals surface area contributed by atoms with Gasteiger partial charge in [0.15, 0.2) is 0 Å². The third kappa shape index (κ3) is 4.04. The van der Waals surface area contributed by atoms with Gasteiger partial charge in [0.25, 0.3) is 0 Å². The minimum absolute atomic E-state index is 0.00120. The number of carbonyl (C=O) groups excluding carboxylic acids is 2. The van der Waals surface area contributed by atoms with Crippen LogP contribution in [0.5, 0.6) is 0 Å². The molecule has 1 aromatic heterocycles. The van der Waals surface area contributed by atoms with Gasteiger partial charge in [-0.05, 0) is 46.2 Å². The number of hydrogen-bond donors (Lipinski definition) is 2. The lowest BCUT2D eigenvalue weighted by Gasteiger charge is -2.27. The topological polar surface area (TPSA) is 67.4 Å². The predicted molar refractivity (Wildman–Crippen MR) is 83.8 cm³/mol. The van der Waals surface area contributed by atoms with Crippen molar-refractivity contribution in [2.75, 3.05) is 18.5 Å². The van der Waals surface area contributed by atoms with Crippen molar-refractivity contribution in [1.29, 1.82) is 0 Å². The van der Waals surface area contributed by atoms with E-state index in [-0.39, 0.29) is 17.8 Å². The Bertz CT molecular complexity index is 527. The first-order valence-corrected chi connectivity index (χ1v) is 8.14. The molecule has 2 atom stereocenters. The lowest BCUT2D eigenvalue weighted by Crippen LogP contribution is -2.40. The number of amides is 1. The number of nitrogens with one attached hydrogen (secondary N) is 2. The number of thiophene rings is 1. The van der Waals surface area contributed by atoms with Gasteiger partial charge in [-0.15, -0.1) is 11.3 Å². The Balaban J connectivity index is 2.08. The maximum Gasteiger partial charge on any atom is 0.341 e. The van der Waals surface area contributed by atoms with Crippen molar-refractivity contribution < 1.29 is 14.3 Å². The van der Waals surface area contributed by atoms with Gasteiger partial charge in [0.2, 0.25) is 5.91 Å². The number of anilines is 1. The largest absolute Gasteiger partial charge is 0.462 e. The summed E-state index contributed by atoms with van der Waals surface area (Å²) < 4.78 is 5.03. The van der Waals surface area contributed by atoms with E-state index in [0.717, 1.165) is 24.3 Å². The maximum atomic E-state index is 12.4. The van der Waals surface area contributed by atoms with Gasteiger partial charge in [-0.1, -0.05) is 0 Å². The van der Waals surface area contributed by atoms with Crippen molar-refractivity contribution in [3.63, 3.8) is 0 Å². The standard InChI is InChI=1S/C15H22N2O3S/c1-4-20-15(19)12-8-10(3)21-14(12)17-13(18)11-5-6-16-9(2)7-11/h8-9,11,16H,4-7H2,1-3H3,(H,17,18). The van der Waals surface area contributed by atoms with Crippen LogP contribution in [0.1, 0.15) is 41.9 Å². The summed E-state index contributed by atoms with van der Waals surface area (Å²) in [6, 6.07) is 2.12. The number of esters is 1. The van der Waals surface area contributed by atoms with Crippen LogP contribution in [0.2, 0.25) is 0 Å². The summed E-state index contributed by atoms with van der Waals surface area (Å²) >= 11 is 1.41. The SMILES string of the molecule is CCOC(=O)c1cc(C)sc1NC(=O)C1CCNC(C)C1. The summed E-state index contributed by atoms with van der Waals surface area (Å²) in [6.07, 6.45) is 1.65. The van der Waals surface area contributed by atoms with Crippen molar-refractivity contribution in [1.82, 2.24) is 5.32 Å². The van der Waals surface area contributed by atoms with Crippen molar-refractivity contribution in [2.45, 2.75) is 39.7 Å². The summed E-state index contributed by atoms with van der Waals surface area (Å²) in [5.41, 5.74) is 0.453. The molecule has 21 heavy (non-hydrogen) atoms. The summed E-state index contributed by atoms with van der Waals surface area (Å²) in [7, 11) is 0. The summed E-state index contributed by atoms with van der Waals surface area (Å²) in [5, 5.41) is 6.84. The maximum absolute atomic E-state index is 12.4. The van der Waals surface area contributed by atoms with Crippen molar-refractivity contribution in [3.05, 3.63) is 16.5 Å². The molecule has 2 rings (SSSR count). The Morgan fingerprint density at radius 2 is 2.29 bits per heavy atom. The first kappa shape index (κ1) is 16.0. The first-order chi connectivity index (χ1) is 10.0. The van der Waals surface area contributed by atoms with Gasteiger partial charge in [0.1, 0.15) is 5.00 Å². The molecule has 1 aromatic rings. The van der Waals surface area contributed by atoms with Crippen LogP contribution in [-0.4, -0.2) is 31.1 Å². The van der Waals surface area contributed by atoms with Gasteiger partial charge in [-0.2, -0.15) is 0 Å². The molecule has 116 valence electrons. The van der Waals surface area contributed by atoms with Crippen molar-refractivity contribution in [3.8, 4) is 0 Å². The molecule has 1 fully saturated rings. The molecule has 1 amide bonds. The summed E-state index contributed by atoms with van der Waals surface area (Å²) in [5.74, 6) is -0.384. The molecule has 0 saturated carbocycles. The highest BCUT2D eigenvalue weighted by atomic mass is 32.1. The Labute approximate surface area is 129 Å². The van der Waals surface area contributed by atoms with Crippen LogP contribution >= 0.6 is 11.3 Å². The Morgan fingerprint density at radius 1 is 1.52 bits per heavy atom. The van der Waals surface area contributed by atoms with E-state index in [1.54, 1.807) is 13.0 Å².